The van der Waals surface area contributed by atoms with E-state index in [0.29, 0.717) is 18.1 Å². The van der Waals surface area contributed by atoms with Crippen molar-refractivity contribution in [2.75, 3.05) is 6.61 Å². The summed E-state index contributed by atoms with van der Waals surface area (Å²) in [5.41, 5.74) is 0.332. The number of hydrogen-bond acceptors (Lipinski definition) is 1. The molecule has 1 nitrogen and oxygen atoms in total. The van der Waals surface area contributed by atoms with Crippen molar-refractivity contribution >= 4 is 0 Å². The predicted molar refractivity (Wildman–Crippen MR) is 153 cm³/mol. The third kappa shape index (κ3) is 6.95. The molecule has 4 unspecified atom stereocenters. The van der Waals surface area contributed by atoms with Gasteiger partial charge in [0.05, 0.1) is 6.61 Å². The highest BCUT2D eigenvalue weighted by molar-refractivity contribution is 5.30. The maximum absolute atomic E-state index is 14.1. The van der Waals surface area contributed by atoms with Crippen molar-refractivity contribution in [1.29, 1.82) is 0 Å². The molecule has 214 valence electrons. The Balaban J connectivity index is 0.996. The maximum atomic E-state index is 14.1. The minimum absolute atomic E-state index is 0.0718. The molecule has 0 aliphatic heterocycles. The van der Waals surface area contributed by atoms with Crippen LogP contribution >= 0.6 is 0 Å². The zero-order valence-corrected chi connectivity index (χ0v) is 24.4. The lowest BCUT2D eigenvalue weighted by molar-refractivity contribution is 0.0486. The Morgan fingerprint density at radius 3 is 1.84 bits per heavy atom. The van der Waals surface area contributed by atoms with Gasteiger partial charge in [0.25, 0.3) is 0 Å². The summed E-state index contributed by atoms with van der Waals surface area (Å²) in [6, 6.07) is 3.18. The molecule has 1 aromatic rings. The lowest BCUT2D eigenvalue weighted by Crippen LogP contribution is -2.35. The first-order chi connectivity index (χ1) is 18.5. The van der Waals surface area contributed by atoms with Crippen LogP contribution in [0.15, 0.2) is 12.1 Å². The summed E-state index contributed by atoms with van der Waals surface area (Å²) in [5.74, 6) is 5.91. The molecule has 0 saturated heterocycles. The van der Waals surface area contributed by atoms with Gasteiger partial charge in [-0.05, 0) is 149 Å². The van der Waals surface area contributed by atoms with Gasteiger partial charge < -0.3 is 4.74 Å². The van der Waals surface area contributed by atoms with Crippen molar-refractivity contribution < 1.29 is 13.5 Å². The summed E-state index contributed by atoms with van der Waals surface area (Å²) < 4.78 is 33.7. The third-order valence-electron chi connectivity index (χ3n) is 11.7. The number of fused-ring (bicyclic) bond motifs is 1. The third-order valence-corrected chi connectivity index (χ3v) is 11.7. The van der Waals surface area contributed by atoms with Crippen LogP contribution in [-0.4, -0.2) is 6.61 Å². The van der Waals surface area contributed by atoms with Gasteiger partial charge >= 0.3 is 0 Å². The summed E-state index contributed by atoms with van der Waals surface area (Å²) in [6.07, 6.45) is 25.8. The second-order valence-corrected chi connectivity index (χ2v) is 14.0. The molecule has 0 aromatic heterocycles. The normalized spacial score (nSPS) is 36.0. The highest BCUT2D eigenvalue weighted by Gasteiger charge is 2.39. The van der Waals surface area contributed by atoms with E-state index in [2.05, 4.69) is 6.92 Å². The second-order valence-electron chi connectivity index (χ2n) is 14.0. The predicted octanol–water partition coefficient (Wildman–Crippen LogP) is 10.7. The fraction of sp³-hybridized carbons (Fsp3) is 0.829. The minimum Gasteiger partial charge on any atom is -0.490 e. The molecule has 0 N–H and O–H groups in total. The van der Waals surface area contributed by atoms with Crippen molar-refractivity contribution in [3.8, 4) is 5.75 Å². The molecule has 0 heterocycles. The molecule has 1 aromatic carbocycles. The number of rotatable bonds is 9. The lowest BCUT2D eigenvalue weighted by Gasteiger charge is -2.46. The SMILES string of the molecule is CCCCCC1CCC2CC(C3CCC(C4CCC(COc5ccc(C)c(F)c5F)CC4)CC3)CCC2C1. The van der Waals surface area contributed by atoms with E-state index in [1.54, 1.807) is 31.9 Å². The van der Waals surface area contributed by atoms with E-state index in [1.807, 2.05) is 0 Å². The number of halogens is 2. The van der Waals surface area contributed by atoms with E-state index in [4.69, 9.17) is 4.74 Å². The Labute approximate surface area is 231 Å². The molecule has 4 saturated carbocycles. The van der Waals surface area contributed by atoms with Gasteiger partial charge in [-0.2, -0.15) is 4.39 Å². The van der Waals surface area contributed by atoms with E-state index in [-0.39, 0.29) is 5.75 Å². The fourth-order valence-corrected chi connectivity index (χ4v) is 9.26. The maximum Gasteiger partial charge on any atom is 0.200 e. The largest absolute Gasteiger partial charge is 0.490 e. The van der Waals surface area contributed by atoms with Crippen molar-refractivity contribution in [2.24, 2.45) is 47.3 Å². The number of unbranched alkanes of at least 4 members (excludes halogenated alkanes) is 2. The molecule has 0 amide bonds. The van der Waals surface area contributed by atoms with Gasteiger partial charge in [-0.15, -0.1) is 0 Å². The molecule has 4 atom stereocenters. The van der Waals surface area contributed by atoms with Crippen LogP contribution in [0.1, 0.15) is 128 Å². The van der Waals surface area contributed by atoms with Crippen LogP contribution in [0.4, 0.5) is 8.78 Å². The standard InChI is InChI=1S/C35H54F2O/c1-3-4-5-6-25-8-13-32-22-31(19-18-30(32)21-25)29-16-14-28(15-17-29)27-11-9-26(10-12-27)23-38-33-20-7-24(2)34(36)35(33)37/h7,20,25-32H,3-6,8-19,21-23H2,1-2H3. The van der Waals surface area contributed by atoms with E-state index < -0.39 is 11.6 Å². The average molecular weight is 529 g/mol. The van der Waals surface area contributed by atoms with Crippen LogP contribution in [0, 0.1) is 65.9 Å². The quantitative estimate of drug-likeness (QED) is 0.290. The zero-order valence-electron chi connectivity index (χ0n) is 24.4. The van der Waals surface area contributed by atoms with Crippen LogP contribution in [0.25, 0.3) is 0 Å². The Kier molecular flexibility index (Phi) is 10.1. The molecule has 0 radical (unpaired) electrons. The fourth-order valence-electron chi connectivity index (χ4n) is 9.26. The molecule has 3 heteroatoms. The number of hydrogen-bond donors (Lipinski definition) is 0. The molecule has 4 aliphatic rings. The van der Waals surface area contributed by atoms with Gasteiger partial charge in [0, 0.05) is 0 Å². The highest BCUT2D eigenvalue weighted by Crippen LogP contribution is 2.51. The van der Waals surface area contributed by atoms with Gasteiger partial charge in [0.1, 0.15) is 0 Å². The molecule has 38 heavy (non-hydrogen) atoms. The highest BCUT2D eigenvalue weighted by atomic mass is 19.2. The number of aryl methyl sites for hydroxylation is 1. The van der Waals surface area contributed by atoms with Crippen molar-refractivity contribution in [3.05, 3.63) is 29.3 Å². The molecule has 0 bridgehead atoms. The first kappa shape index (κ1) is 28.4. The van der Waals surface area contributed by atoms with Gasteiger partial charge in [-0.3, -0.25) is 0 Å². The van der Waals surface area contributed by atoms with Crippen LogP contribution in [0.5, 0.6) is 5.75 Å². The zero-order chi connectivity index (χ0) is 26.5. The Morgan fingerprint density at radius 2 is 1.16 bits per heavy atom. The lowest BCUT2D eigenvalue weighted by atomic mass is 9.60. The van der Waals surface area contributed by atoms with Crippen molar-refractivity contribution in [3.63, 3.8) is 0 Å². The molecule has 5 rings (SSSR count). The first-order valence-electron chi connectivity index (χ1n) is 16.6. The van der Waals surface area contributed by atoms with Gasteiger partial charge in [0.2, 0.25) is 5.82 Å². The molecular formula is C35H54F2O. The smallest absolute Gasteiger partial charge is 0.200 e. The summed E-state index contributed by atoms with van der Waals surface area (Å²) in [6.45, 7) is 4.43. The summed E-state index contributed by atoms with van der Waals surface area (Å²) >= 11 is 0. The molecule has 0 spiro atoms. The summed E-state index contributed by atoms with van der Waals surface area (Å²) in [4.78, 5) is 0. The van der Waals surface area contributed by atoms with E-state index in [0.717, 1.165) is 41.4 Å². The van der Waals surface area contributed by atoms with Gasteiger partial charge in [0.15, 0.2) is 11.6 Å². The van der Waals surface area contributed by atoms with Crippen LogP contribution < -0.4 is 4.74 Å². The van der Waals surface area contributed by atoms with E-state index >= 15 is 0 Å². The van der Waals surface area contributed by atoms with E-state index in [9.17, 15) is 8.78 Å². The summed E-state index contributed by atoms with van der Waals surface area (Å²) in [5, 5.41) is 0. The topological polar surface area (TPSA) is 9.23 Å². The Hall–Kier alpha value is -1.12. The monoisotopic (exact) mass is 528 g/mol. The van der Waals surface area contributed by atoms with Crippen LogP contribution in [-0.2, 0) is 0 Å². The van der Waals surface area contributed by atoms with Gasteiger partial charge in [-0.1, -0.05) is 45.1 Å². The van der Waals surface area contributed by atoms with Crippen molar-refractivity contribution in [2.45, 2.75) is 129 Å². The van der Waals surface area contributed by atoms with E-state index in [1.165, 1.54) is 103 Å². The van der Waals surface area contributed by atoms with Crippen LogP contribution in [0.3, 0.4) is 0 Å². The molecule has 4 fully saturated rings. The molecule has 4 aliphatic carbocycles. The average Bonchev–Trinajstić information content (AvgIpc) is 2.96. The second kappa shape index (κ2) is 13.5. The first-order valence-corrected chi connectivity index (χ1v) is 16.6. The Bertz CT molecular complexity index is 867. The van der Waals surface area contributed by atoms with Crippen LogP contribution in [0.2, 0.25) is 0 Å². The minimum atomic E-state index is -0.834. The van der Waals surface area contributed by atoms with Gasteiger partial charge in [-0.25, -0.2) is 4.39 Å². The number of benzene rings is 1. The molecular weight excluding hydrogens is 474 g/mol. The Morgan fingerprint density at radius 1 is 0.632 bits per heavy atom. The number of ether oxygens (including phenoxy) is 1. The van der Waals surface area contributed by atoms with Crippen molar-refractivity contribution in [1.82, 2.24) is 0 Å². The summed E-state index contributed by atoms with van der Waals surface area (Å²) in [7, 11) is 0.